The fourth-order valence-electron chi connectivity index (χ4n) is 2.85. The van der Waals surface area contributed by atoms with Gasteiger partial charge < -0.3 is 15.2 Å². The Morgan fingerprint density at radius 2 is 1.93 bits per heavy atom. The fourth-order valence-corrected chi connectivity index (χ4v) is 3.55. The van der Waals surface area contributed by atoms with Gasteiger partial charge in [0.15, 0.2) is 23.3 Å². The first-order chi connectivity index (χ1) is 14.2. The van der Waals surface area contributed by atoms with E-state index in [-0.39, 0.29) is 24.0 Å². The van der Waals surface area contributed by atoms with E-state index >= 15 is 0 Å². The Kier molecular flexibility index (Phi) is 7.74. The number of guanidine groups is 1. The number of hydrogen-bond acceptors (Lipinski definition) is 6. The summed E-state index contributed by atoms with van der Waals surface area (Å²) in [6.07, 6.45) is 2.89. The van der Waals surface area contributed by atoms with Crippen molar-refractivity contribution < 1.29 is 0 Å². The highest BCUT2D eigenvalue weighted by Gasteiger charge is 2.08. The van der Waals surface area contributed by atoms with Gasteiger partial charge in [-0.25, -0.2) is 4.99 Å². The molecule has 0 aliphatic heterocycles. The minimum Gasteiger partial charge on any atom is -0.356 e. The number of hydrogen-bond donors (Lipinski definition) is 2. The van der Waals surface area contributed by atoms with Crippen molar-refractivity contribution in [2.75, 3.05) is 6.54 Å². The first-order valence-corrected chi connectivity index (χ1v) is 10.3. The Morgan fingerprint density at radius 1 is 1.07 bits per heavy atom. The van der Waals surface area contributed by atoms with E-state index in [1.54, 1.807) is 11.3 Å². The van der Waals surface area contributed by atoms with Gasteiger partial charge in [-0.15, -0.1) is 55.7 Å². The summed E-state index contributed by atoms with van der Waals surface area (Å²) >= 11 is 1.76. The Balaban J connectivity index is 0.00000256. The Hall–Kier alpha value is -2.54. The molecular formula is C19H24IN9S. The molecule has 0 aromatic carbocycles. The molecule has 0 bridgehead atoms. The number of thiophene rings is 1. The van der Waals surface area contributed by atoms with E-state index in [0.29, 0.717) is 19.0 Å². The third kappa shape index (κ3) is 5.33. The summed E-state index contributed by atoms with van der Waals surface area (Å²) in [6, 6.07) is 10.1. The molecule has 0 unspecified atom stereocenters. The topological polar surface area (TPSA) is 97.3 Å². The van der Waals surface area contributed by atoms with Crippen molar-refractivity contribution >= 4 is 46.9 Å². The molecule has 0 fully saturated rings. The molecule has 11 heteroatoms. The number of halogens is 1. The van der Waals surface area contributed by atoms with E-state index < -0.39 is 0 Å². The zero-order valence-corrected chi connectivity index (χ0v) is 20.0. The number of aryl methyl sites for hydroxylation is 1. The fraction of sp³-hybridized carbons (Fsp3) is 0.316. The van der Waals surface area contributed by atoms with Crippen molar-refractivity contribution in [2.24, 2.45) is 12.0 Å². The van der Waals surface area contributed by atoms with Gasteiger partial charge in [-0.05, 0) is 36.9 Å². The largest absolute Gasteiger partial charge is 0.356 e. The van der Waals surface area contributed by atoms with Gasteiger partial charge >= 0.3 is 0 Å². The van der Waals surface area contributed by atoms with E-state index in [4.69, 9.17) is 0 Å². The van der Waals surface area contributed by atoms with E-state index in [0.717, 1.165) is 36.1 Å². The molecule has 0 amide bonds. The lowest BCUT2D eigenvalue weighted by Gasteiger charge is -2.12. The molecule has 0 radical (unpaired) electrons. The van der Waals surface area contributed by atoms with Crippen LogP contribution in [0.1, 0.15) is 22.4 Å². The number of nitrogens with one attached hydrogen (secondary N) is 2. The van der Waals surface area contributed by atoms with Gasteiger partial charge in [-0.1, -0.05) is 12.1 Å². The Labute approximate surface area is 195 Å². The smallest absolute Gasteiger partial charge is 0.192 e. The number of fused-ring (bicyclic) bond motifs is 1. The molecule has 9 nitrogen and oxygen atoms in total. The van der Waals surface area contributed by atoms with Crippen LogP contribution in [0, 0.1) is 6.92 Å². The van der Waals surface area contributed by atoms with Crippen molar-refractivity contribution in [3.05, 3.63) is 64.3 Å². The Bertz CT molecular complexity index is 1100. The number of aromatic nitrogens is 6. The normalized spacial score (nSPS) is 11.5. The van der Waals surface area contributed by atoms with Crippen molar-refractivity contribution in [3.63, 3.8) is 0 Å². The SMILES string of the molecule is Cc1nnc(CN=C(NCCc2cccs2)NCc2nnc3ccccn23)n1C.I. The average molecular weight is 537 g/mol. The zero-order valence-electron chi connectivity index (χ0n) is 16.8. The highest BCUT2D eigenvalue weighted by molar-refractivity contribution is 14.0. The number of rotatable bonds is 7. The van der Waals surface area contributed by atoms with E-state index in [2.05, 4.69) is 53.5 Å². The summed E-state index contributed by atoms with van der Waals surface area (Å²) in [5.41, 5.74) is 0.822. The quantitative estimate of drug-likeness (QED) is 0.214. The number of aliphatic imine (C=N–C) groups is 1. The summed E-state index contributed by atoms with van der Waals surface area (Å²) in [6.45, 7) is 3.65. The summed E-state index contributed by atoms with van der Waals surface area (Å²) in [5, 5.41) is 25.6. The van der Waals surface area contributed by atoms with Gasteiger partial charge in [0, 0.05) is 24.7 Å². The summed E-state index contributed by atoms with van der Waals surface area (Å²) in [4.78, 5) is 6.02. The van der Waals surface area contributed by atoms with Crippen LogP contribution in [0.25, 0.3) is 5.65 Å². The maximum atomic E-state index is 4.68. The summed E-state index contributed by atoms with van der Waals surface area (Å²) in [5.74, 6) is 3.21. The minimum atomic E-state index is 0. The minimum absolute atomic E-state index is 0. The molecule has 4 rings (SSSR count). The van der Waals surface area contributed by atoms with Gasteiger partial charge in [-0.3, -0.25) is 4.40 Å². The van der Waals surface area contributed by atoms with E-state index in [9.17, 15) is 0 Å². The highest BCUT2D eigenvalue weighted by Crippen LogP contribution is 2.08. The molecule has 0 spiro atoms. The van der Waals surface area contributed by atoms with Crippen LogP contribution in [0.3, 0.4) is 0 Å². The van der Waals surface area contributed by atoms with Crippen LogP contribution in [-0.4, -0.2) is 41.9 Å². The second-order valence-corrected chi connectivity index (χ2v) is 7.57. The Morgan fingerprint density at radius 3 is 2.70 bits per heavy atom. The molecular weight excluding hydrogens is 513 g/mol. The molecule has 0 aliphatic rings. The third-order valence-corrected chi connectivity index (χ3v) is 5.54. The molecule has 0 saturated carbocycles. The first kappa shape index (κ1) is 22.2. The van der Waals surface area contributed by atoms with E-state index in [1.165, 1.54) is 4.88 Å². The molecule has 2 N–H and O–H groups in total. The highest BCUT2D eigenvalue weighted by atomic mass is 127. The molecule has 4 aromatic heterocycles. The predicted molar refractivity (Wildman–Crippen MR) is 128 cm³/mol. The lowest BCUT2D eigenvalue weighted by atomic mass is 10.3. The summed E-state index contributed by atoms with van der Waals surface area (Å²) in [7, 11) is 1.94. The molecule has 0 saturated heterocycles. The second kappa shape index (κ2) is 10.5. The van der Waals surface area contributed by atoms with Crippen LogP contribution in [0.4, 0.5) is 0 Å². The van der Waals surface area contributed by atoms with Crippen LogP contribution in [-0.2, 0) is 26.6 Å². The first-order valence-electron chi connectivity index (χ1n) is 9.39. The van der Waals surface area contributed by atoms with Crippen molar-refractivity contribution in [1.82, 2.24) is 40.0 Å². The van der Waals surface area contributed by atoms with Crippen LogP contribution >= 0.6 is 35.3 Å². The summed E-state index contributed by atoms with van der Waals surface area (Å²) < 4.78 is 3.90. The molecule has 0 atom stereocenters. The maximum Gasteiger partial charge on any atom is 0.192 e. The lowest BCUT2D eigenvalue weighted by Crippen LogP contribution is -2.38. The van der Waals surface area contributed by atoms with E-state index in [1.807, 2.05) is 47.3 Å². The average Bonchev–Trinajstić information content (AvgIpc) is 3.46. The third-order valence-electron chi connectivity index (χ3n) is 4.60. The van der Waals surface area contributed by atoms with Gasteiger partial charge in [0.05, 0.1) is 6.54 Å². The maximum absolute atomic E-state index is 4.68. The van der Waals surface area contributed by atoms with Gasteiger partial charge in [-0.2, -0.15) is 0 Å². The number of nitrogens with zero attached hydrogens (tertiary/aromatic N) is 7. The van der Waals surface area contributed by atoms with Crippen LogP contribution in [0.15, 0.2) is 46.9 Å². The molecule has 0 aliphatic carbocycles. The van der Waals surface area contributed by atoms with Gasteiger partial charge in [0.2, 0.25) is 0 Å². The van der Waals surface area contributed by atoms with Gasteiger partial charge in [0.1, 0.15) is 12.4 Å². The van der Waals surface area contributed by atoms with Crippen molar-refractivity contribution in [2.45, 2.75) is 26.4 Å². The van der Waals surface area contributed by atoms with Gasteiger partial charge in [0.25, 0.3) is 0 Å². The van der Waals surface area contributed by atoms with Crippen LogP contribution < -0.4 is 10.6 Å². The molecule has 4 aromatic rings. The zero-order chi connectivity index (χ0) is 20.1. The van der Waals surface area contributed by atoms with Crippen molar-refractivity contribution in [3.8, 4) is 0 Å². The second-order valence-electron chi connectivity index (χ2n) is 6.54. The van der Waals surface area contributed by atoms with Crippen molar-refractivity contribution in [1.29, 1.82) is 0 Å². The molecule has 158 valence electrons. The molecule has 4 heterocycles. The predicted octanol–water partition coefficient (Wildman–Crippen LogP) is 2.32. The van der Waals surface area contributed by atoms with Crippen LogP contribution in [0.5, 0.6) is 0 Å². The van der Waals surface area contributed by atoms with Crippen LogP contribution in [0.2, 0.25) is 0 Å². The lowest BCUT2D eigenvalue weighted by molar-refractivity contribution is 0.734. The number of pyridine rings is 1. The molecule has 30 heavy (non-hydrogen) atoms. The monoisotopic (exact) mass is 537 g/mol. The standard InChI is InChI=1S/C19H23N9S.HI/c1-14-23-25-17(27(14)2)12-21-19(20-9-8-15-6-5-11-29-15)22-13-18-26-24-16-7-3-4-10-28(16)18;/h3-7,10-11H,8-9,12-13H2,1-2H3,(H2,20,21,22);1H.